The number of benzene rings is 1. The van der Waals surface area contributed by atoms with Crippen LogP contribution in [0, 0.1) is 0 Å². The fourth-order valence-electron chi connectivity index (χ4n) is 1.67. The van der Waals surface area contributed by atoms with Crippen molar-refractivity contribution >= 4 is 26.5 Å². The Morgan fingerprint density at radius 1 is 1.30 bits per heavy atom. The van der Waals surface area contributed by atoms with Crippen molar-refractivity contribution in [3.05, 3.63) is 59.5 Å². The number of hydrogen-bond donors (Lipinski definition) is 2. The number of hydrogen-bond acceptors (Lipinski definition) is 2. The minimum atomic E-state index is 0.543. The van der Waals surface area contributed by atoms with Gasteiger partial charge in [-0.25, -0.2) is 0 Å². The van der Waals surface area contributed by atoms with Crippen LogP contribution in [-0.4, -0.2) is 6.41 Å². The molecule has 1 aromatic rings. The van der Waals surface area contributed by atoms with E-state index in [9.17, 15) is 4.79 Å². The van der Waals surface area contributed by atoms with Crippen LogP contribution < -0.4 is 16.4 Å². The van der Waals surface area contributed by atoms with Gasteiger partial charge in [-0.2, -0.15) is 0 Å². The maximum Gasteiger partial charge on any atom is 0.211 e. The normalized spacial score (nSPS) is 13.2. The summed E-state index contributed by atoms with van der Waals surface area (Å²) in [5.74, 6) is 0. The van der Waals surface area contributed by atoms with Crippen LogP contribution in [0.2, 0.25) is 0 Å². The Morgan fingerprint density at radius 3 is 2.50 bits per heavy atom. The molecule has 1 amide bonds. The lowest BCUT2D eigenvalue weighted by molar-refractivity contribution is -0.108. The third-order valence-corrected chi connectivity index (χ3v) is 3.20. The van der Waals surface area contributed by atoms with Gasteiger partial charge in [0.25, 0.3) is 0 Å². The number of amides is 1. The van der Waals surface area contributed by atoms with Gasteiger partial charge in [0.1, 0.15) is 0 Å². The topological polar surface area (TPSA) is 55.1 Å². The number of carbonyl (C=O) groups excluding carboxylic acids is 1. The van der Waals surface area contributed by atoms with Crippen LogP contribution in [0.25, 0.3) is 5.57 Å². The molecule has 4 heteroatoms. The smallest absolute Gasteiger partial charge is 0.211 e. The zero-order valence-electron chi connectivity index (χ0n) is 11.9. The number of carbonyl (C=O) groups is 1. The first-order valence-electron chi connectivity index (χ1n) is 6.49. The second-order valence-electron chi connectivity index (χ2n) is 4.38. The molecule has 0 aliphatic rings. The Morgan fingerprint density at radius 2 is 1.95 bits per heavy atom. The Hall–Kier alpha value is -1.86. The van der Waals surface area contributed by atoms with Gasteiger partial charge in [-0.1, -0.05) is 43.3 Å². The molecule has 0 heterocycles. The number of allylic oxidation sites excluding steroid dienone is 4. The lowest BCUT2D eigenvalue weighted by Gasteiger charge is -2.06. The highest BCUT2D eigenvalue weighted by atomic mass is 31.0. The molecule has 1 aromatic carbocycles. The van der Waals surface area contributed by atoms with Crippen molar-refractivity contribution in [2.75, 3.05) is 0 Å². The molecule has 1 rings (SSSR count). The Kier molecular flexibility index (Phi) is 6.75. The maximum atomic E-state index is 10.5. The van der Waals surface area contributed by atoms with E-state index in [4.69, 9.17) is 5.73 Å². The van der Waals surface area contributed by atoms with E-state index in [1.807, 2.05) is 44.2 Å². The van der Waals surface area contributed by atoms with Crippen LogP contribution in [0.3, 0.4) is 0 Å². The monoisotopic (exact) mass is 288 g/mol. The van der Waals surface area contributed by atoms with Crippen molar-refractivity contribution in [1.29, 1.82) is 0 Å². The van der Waals surface area contributed by atoms with Gasteiger partial charge >= 0.3 is 0 Å². The Bertz CT molecular complexity index is 542. The third-order valence-electron chi connectivity index (χ3n) is 2.81. The predicted octanol–water partition coefficient (Wildman–Crippen LogP) is 2.47. The quantitative estimate of drug-likeness (QED) is 0.480. The summed E-state index contributed by atoms with van der Waals surface area (Å²) in [4.78, 5) is 10.5. The fraction of sp³-hybridized carbons (Fsp3) is 0.188. The van der Waals surface area contributed by atoms with E-state index < -0.39 is 0 Å². The van der Waals surface area contributed by atoms with Crippen LogP contribution in [0.4, 0.5) is 0 Å². The van der Waals surface area contributed by atoms with Gasteiger partial charge in [0.05, 0.1) is 11.4 Å². The van der Waals surface area contributed by atoms with Gasteiger partial charge in [-0.3, -0.25) is 4.79 Å². The summed E-state index contributed by atoms with van der Waals surface area (Å²) in [6.07, 6.45) is 7.08. The molecule has 0 spiro atoms. The highest BCUT2D eigenvalue weighted by Gasteiger charge is 1.98. The molecule has 0 fully saturated rings. The SMILES string of the molecule is CC/C=C(NC=O)/C(N)=C\C=C(/C)c1ccc(P)cc1. The van der Waals surface area contributed by atoms with Crippen LogP contribution >= 0.6 is 9.24 Å². The number of rotatable bonds is 6. The first-order valence-corrected chi connectivity index (χ1v) is 7.07. The maximum absolute atomic E-state index is 10.5. The first kappa shape index (κ1) is 16.2. The van der Waals surface area contributed by atoms with E-state index in [0.717, 1.165) is 22.9 Å². The first-order chi connectivity index (χ1) is 9.58. The van der Waals surface area contributed by atoms with Crippen molar-refractivity contribution in [2.45, 2.75) is 20.3 Å². The molecule has 0 saturated heterocycles. The van der Waals surface area contributed by atoms with Gasteiger partial charge in [-0.05, 0) is 35.9 Å². The van der Waals surface area contributed by atoms with Gasteiger partial charge in [-0.15, -0.1) is 9.24 Å². The second-order valence-corrected chi connectivity index (χ2v) is 5.05. The van der Waals surface area contributed by atoms with Crippen LogP contribution in [-0.2, 0) is 4.79 Å². The molecule has 20 heavy (non-hydrogen) atoms. The summed E-state index contributed by atoms with van der Waals surface area (Å²) < 4.78 is 0. The van der Waals surface area contributed by atoms with Crippen molar-refractivity contribution in [3.63, 3.8) is 0 Å². The second kappa shape index (κ2) is 8.34. The number of nitrogens with two attached hydrogens (primary N) is 1. The summed E-state index contributed by atoms with van der Waals surface area (Å²) in [6, 6.07) is 8.21. The summed E-state index contributed by atoms with van der Waals surface area (Å²) in [7, 11) is 2.66. The zero-order valence-corrected chi connectivity index (χ0v) is 13.0. The molecule has 1 unspecified atom stereocenters. The summed E-state index contributed by atoms with van der Waals surface area (Å²) in [5.41, 5.74) is 9.41. The lowest BCUT2D eigenvalue weighted by atomic mass is 10.1. The highest BCUT2D eigenvalue weighted by molar-refractivity contribution is 7.27. The molecule has 1 atom stereocenters. The fourth-order valence-corrected chi connectivity index (χ4v) is 1.87. The lowest BCUT2D eigenvalue weighted by Crippen LogP contribution is -2.16. The predicted molar refractivity (Wildman–Crippen MR) is 89.3 cm³/mol. The molecule has 106 valence electrons. The summed E-state index contributed by atoms with van der Waals surface area (Å²) in [6.45, 7) is 4.02. The average molecular weight is 288 g/mol. The molecule has 0 bridgehead atoms. The molecule has 0 aliphatic heterocycles. The van der Waals surface area contributed by atoms with E-state index in [2.05, 4.69) is 26.7 Å². The van der Waals surface area contributed by atoms with Gasteiger partial charge < -0.3 is 11.1 Å². The minimum absolute atomic E-state index is 0.543. The van der Waals surface area contributed by atoms with Crippen LogP contribution in [0.1, 0.15) is 25.8 Å². The molecule has 0 saturated carbocycles. The zero-order chi connectivity index (χ0) is 15.0. The van der Waals surface area contributed by atoms with Crippen molar-refractivity contribution in [3.8, 4) is 0 Å². The Balaban J connectivity index is 2.92. The Labute approximate surface area is 122 Å². The minimum Gasteiger partial charge on any atom is -0.397 e. The molecule has 0 aromatic heterocycles. The van der Waals surface area contributed by atoms with E-state index in [0.29, 0.717) is 17.8 Å². The van der Waals surface area contributed by atoms with Crippen LogP contribution in [0.5, 0.6) is 0 Å². The molecular weight excluding hydrogens is 267 g/mol. The average Bonchev–Trinajstić information content (AvgIpc) is 2.45. The molecule has 3 N–H and O–H groups in total. The van der Waals surface area contributed by atoms with E-state index in [1.165, 1.54) is 0 Å². The molecule has 3 nitrogen and oxygen atoms in total. The molecule has 0 aliphatic carbocycles. The van der Waals surface area contributed by atoms with Gasteiger partial charge in [0.2, 0.25) is 6.41 Å². The summed E-state index contributed by atoms with van der Waals surface area (Å²) >= 11 is 0. The molecule has 0 radical (unpaired) electrons. The largest absolute Gasteiger partial charge is 0.397 e. The summed E-state index contributed by atoms with van der Waals surface area (Å²) in [5, 5.41) is 3.76. The van der Waals surface area contributed by atoms with E-state index in [1.54, 1.807) is 0 Å². The highest BCUT2D eigenvalue weighted by Crippen LogP contribution is 2.13. The third kappa shape index (κ3) is 5.02. The van der Waals surface area contributed by atoms with Gasteiger partial charge in [0, 0.05) is 0 Å². The van der Waals surface area contributed by atoms with Crippen molar-refractivity contribution < 1.29 is 4.79 Å². The van der Waals surface area contributed by atoms with E-state index in [-0.39, 0.29) is 0 Å². The van der Waals surface area contributed by atoms with Gasteiger partial charge in [0.15, 0.2) is 0 Å². The molecular formula is C16H21N2OP. The van der Waals surface area contributed by atoms with Crippen LogP contribution in [0.15, 0.2) is 53.9 Å². The standard InChI is InChI=1S/C16H21N2OP/c1-3-4-16(18-11-19)15(17)10-5-12(2)13-6-8-14(20)9-7-13/h4-11H,3,17,20H2,1-2H3,(H,18,19)/b12-5+,15-10+,16-4-. The van der Waals surface area contributed by atoms with Crippen molar-refractivity contribution in [1.82, 2.24) is 5.32 Å². The number of nitrogens with one attached hydrogen (secondary N) is 1. The van der Waals surface area contributed by atoms with Crippen molar-refractivity contribution in [2.24, 2.45) is 5.73 Å². The van der Waals surface area contributed by atoms with E-state index >= 15 is 0 Å².